The molecule has 0 spiro atoms. The van der Waals surface area contributed by atoms with Crippen LogP contribution >= 0.6 is 0 Å². The highest BCUT2D eigenvalue weighted by atomic mass is 16.4. The van der Waals surface area contributed by atoms with Crippen LogP contribution in [0.3, 0.4) is 0 Å². The molecule has 0 aliphatic heterocycles. The van der Waals surface area contributed by atoms with Gasteiger partial charge in [-0.3, -0.25) is 14.4 Å². The standard InChI is InChI=1S/C15H20N2O4/c1-10(8-13(18)19)9-16-14(20)11(2)17-15(21)12-6-4-3-5-7-12/h3-7,10-11H,8-9H2,1-2H3,(H,16,20)(H,17,21)(H,18,19). The monoisotopic (exact) mass is 292 g/mol. The van der Waals surface area contributed by atoms with Crippen LogP contribution in [0.25, 0.3) is 0 Å². The van der Waals surface area contributed by atoms with Crippen molar-refractivity contribution in [3.63, 3.8) is 0 Å². The number of hydrogen-bond donors (Lipinski definition) is 3. The Kier molecular flexibility index (Phi) is 6.39. The average molecular weight is 292 g/mol. The van der Waals surface area contributed by atoms with E-state index in [9.17, 15) is 14.4 Å². The van der Waals surface area contributed by atoms with Gasteiger partial charge in [-0.05, 0) is 25.0 Å². The fourth-order valence-corrected chi connectivity index (χ4v) is 1.73. The lowest BCUT2D eigenvalue weighted by Crippen LogP contribution is -2.45. The van der Waals surface area contributed by atoms with Crippen LogP contribution in [-0.2, 0) is 9.59 Å². The summed E-state index contributed by atoms with van der Waals surface area (Å²) in [5.41, 5.74) is 0.483. The van der Waals surface area contributed by atoms with Gasteiger partial charge >= 0.3 is 5.97 Å². The van der Waals surface area contributed by atoms with Gasteiger partial charge in [0.1, 0.15) is 6.04 Å². The van der Waals surface area contributed by atoms with E-state index in [1.54, 1.807) is 44.2 Å². The summed E-state index contributed by atoms with van der Waals surface area (Å²) in [7, 11) is 0. The largest absolute Gasteiger partial charge is 0.481 e. The van der Waals surface area contributed by atoms with Crippen LogP contribution in [-0.4, -0.2) is 35.5 Å². The third-order valence-corrected chi connectivity index (χ3v) is 2.92. The highest BCUT2D eigenvalue weighted by Crippen LogP contribution is 2.01. The summed E-state index contributed by atoms with van der Waals surface area (Å²) < 4.78 is 0. The van der Waals surface area contributed by atoms with Crippen LogP contribution in [0, 0.1) is 5.92 Å². The summed E-state index contributed by atoms with van der Waals surface area (Å²) in [6.07, 6.45) is -0.00889. The van der Waals surface area contributed by atoms with E-state index >= 15 is 0 Å². The highest BCUT2D eigenvalue weighted by molar-refractivity contribution is 5.97. The zero-order valence-corrected chi connectivity index (χ0v) is 12.1. The quantitative estimate of drug-likeness (QED) is 0.699. The number of hydrogen-bond acceptors (Lipinski definition) is 3. The Labute approximate surface area is 123 Å². The van der Waals surface area contributed by atoms with E-state index < -0.39 is 12.0 Å². The number of nitrogens with one attached hydrogen (secondary N) is 2. The second-order valence-corrected chi connectivity index (χ2v) is 5.01. The highest BCUT2D eigenvalue weighted by Gasteiger charge is 2.17. The summed E-state index contributed by atoms with van der Waals surface area (Å²) in [4.78, 5) is 34.2. The zero-order valence-electron chi connectivity index (χ0n) is 12.1. The molecule has 21 heavy (non-hydrogen) atoms. The van der Waals surface area contributed by atoms with Crippen LogP contribution in [0.1, 0.15) is 30.6 Å². The Morgan fingerprint density at radius 3 is 2.33 bits per heavy atom. The van der Waals surface area contributed by atoms with Crippen molar-refractivity contribution in [1.82, 2.24) is 10.6 Å². The predicted octanol–water partition coefficient (Wildman–Crippen LogP) is 1.03. The number of carboxylic acids is 1. The van der Waals surface area contributed by atoms with Crippen molar-refractivity contribution in [3.05, 3.63) is 35.9 Å². The number of carbonyl (C=O) groups is 3. The van der Waals surface area contributed by atoms with Crippen LogP contribution in [0.15, 0.2) is 30.3 Å². The minimum Gasteiger partial charge on any atom is -0.481 e. The maximum absolute atomic E-state index is 11.9. The van der Waals surface area contributed by atoms with E-state index in [-0.39, 0.29) is 30.7 Å². The molecular weight excluding hydrogens is 272 g/mol. The molecule has 0 heterocycles. The first-order valence-electron chi connectivity index (χ1n) is 6.75. The van der Waals surface area contributed by atoms with Crippen molar-refractivity contribution in [1.29, 1.82) is 0 Å². The Hall–Kier alpha value is -2.37. The fraction of sp³-hybridized carbons (Fsp3) is 0.400. The molecule has 2 atom stereocenters. The maximum atomic E-state index is 11.9. The van der Waals surface area contributed by atoms with Crippen LogP contribution < -0.4 is 10.6 Å². The van der Waals surface area contributed by atoms with E-state index in [0.717, 1.165) is 0 Å². The molecule has 0 fully saturated rings. The van der Waals surface area contributed by atoms with Crippen molar-refractivity contribution in [3.8, 4) is 0 Å². The molecule has 0 aromatic heterocycles. The fourth-order valence-electron chi connectivity index (χ4n) is 1.73. The van der Waals surface area contributed by atoms with Gasteiger partial charge in [0.2, 0.25) is 5.91 Å². The van der Waals surface area contributed by atoms with Gasteiger partial charge in [-0.25, -0.2) is 0 Å². The van der Waals surface area contributed by atoms with Gasteiger partial charge in [-0.15, -0.1) is 0 Å². The number of carbonyl (C=O) groups excluding carboxylic acids is 2. The minimum atomic E-state index is -0.901. The third-order valence-electron chi connectivity index (χ3n) is 2.92. The van der Waals surface area contributed by atoms with Gasteiger partial charge < -0.3 is 15.7 Å². The van der Waals surface area contributed by atoms with Crippen molar-refractivity contribution >= 4 is 17.8 Å². The van der Waals surface area contributed by atoms with Gasteiger partial charge in [0.05, 0.1) is 0 Å². The smallest absolute Gasteiger partial charge is 0.303 e. The third kappa shape index (κ3) is 6.07. The first-order valence-corrected chi connectivity index (χ1v) is 6.75. The molecule has 0 radical (unpaired) electrons. The molecule has 0 saturated heterocycles. The first-order chi connectivity index (χ1) is 9.90. The number of carboxylic acid groups (broad SMARTS) is 1. The molecule has 6 heteroatoms. The Morgan fingerprint density at radius 2 is 1.76 bits per heavy atom. The molecule has 1 aromatic carbocycles. The predicted molar refractivity (Wildman–Crippen MR) is 77.8 cm³/mol. The van der Waals surface area contributed by atoms with E-state index in [0.29, 0.717) is 5.56 Å². The molecule has 114 valence electrons. The van der Waals surface area contributed by atoms with Gasteiger partial charge in [-0.2, -0.15) is 0 Å². The van der Waals surface area contributed by atoms with Crippen LogP contribution in [0.2, 0.25) is 0 Å². The Bertz CT molecular complexity index is 502. The van der Waals surface area contributed by atoms with Crippen molar-refractivity contribution in [2.75, 3.05) is 6.54 Å². The SMILES string of the molecule is CC(CNC(=O)C(C)NC(=O)c1ccccc1)CC(=O)O. The molecule has 1 rings (SSSR count). The topological polar surface area (TPSA) is 95.5 Å². The molecule has 6 nitrogen and oxygen atoms in total. The molecule has 0 bridgehead atoms. The van der Waals surface area contributed by atoms with E-state index in [2.05, 4.69) is 10.6 Å². The summed E-state index contributed by atoms with van der Waals surface area (Å²) in [6, 6.07) is 7.93. The van der Waals surface area contributed by atoms with Crippen molar-refractivity contribution < 1.29 is 19.5 Å². The lowest BCUT2D eigenvalue weighted by atomic mass is 10.1. The molecular formula is C15H20N2O4. The van der Waals surface area contributed by atoms with E-state index in [1.165, 1.54) is 0 Å². The lowest BCUT2D eigenvalue weighted by molar-refractivity contribution is -0.138. The van der Waals surface area contributed by atoms with Gasteiger partial charge in [0.15, 0.2) is 0 Å². The second-order valence-electron chi connectivity index (χ2n) is 5.01. The molecule has 1 aromatic rings. The Morgan fingerprint density at radius 1 is 1.14 bits per heavy atom. The summed E-state index contributed by atoms with van der Waals surface area (Å²) in [6.45, 7) is 3.58. The number of amides is 2. The van der Waals surface area contributed by atoms with Gasteiger partial charge in [-0.1, -0.05) is 25.1 Å². The molecule has 0 aliphatic rings. The summed E-state index contributed by atoms with van der Waals surface area (Å²) in [5, 5.41) is 13.9. The van der Waals surface area contributed by atoms with Gasteiger partial charge in [0, 0.05) is 18.5 Å². The molecule has 0 saturated carbocycles. The van der Waals surface area contributed by atoms with Crippen molar-refractivity contribution in [2.45, 2.75) is 26.3 Å². The first kappa shape index (κ1) is 16.7. The van der Waals surface area contributed by atoms with Crippen LogP contribution in [0.4, 0.5) is 0 Å². The Balaban J connectivity index is 2.41. The van der Waals surface area contributed by atoms with E-state index in [1.807, 2.05) is 0 Å². The van der Waals surface area contributed by atoms with Gasteiger partial charge in [0.25, 0.3) is 5.91 Å². The second kappa shape index (κ2) is 8.04. The zero-order chi connectivity index (χ0) is 15.8. The van der Waals surface area contributed by atoms with Crippen molar-refractivity contribution in [2.24, 2.45) is 5.92 Å². The van der Waals surface area contributed by atoms with Crippen LogP contribution in [0.5, 0.6) is 0 Å². The number of rotatable bonds is 7. The lowest BCUT2D eigenvalue weighted by Gasteiger charge is -2.16. The number of aliphatic carboxylic acids is 1. The number of benzene rings is 1. The normalized spacial score (nSPS) is 13.0. The summed E-state index contributed by atoms with van der Waals surface area (Å²) in [5.74, 6) is -1.72. The minimum absolute atomic E-state index is 0.00889. The molecule has 2 unspecified atom stereocenters. The average Bonchev–Trinajstić information content (AvgIpc) is 2.44. The molecule has 0 aliphatic carbocycles. The van der Waals surface area contributed by atoms with E-state index in [4.69, 9.17) is 5.11 Å². The molecule has 2 amide bonds. The maximum Gasteiger partial charge on any atom is 0.303 e. The summed E-state index contributed by atoms with van der Waals surface area (Å²) >= 11 is 0. The molecule has 3 N–H and O–H groups in total.